The summed E-state index contributed by atoms with van der Waals surface area (Å²) in [6, 6.07) is 9.91. The highest BCUT2D eigenvalue weighted by Gasteiger charge is 2.23. The molecule has 0 aliphatic heterocycles. The van der Waals surface area contributed by atoms with Gasteiger partial charge < -0.3 is 15.7 Å². The van der Waals surface area contributed by atoms with Crippen molar-refractivity contribution in [1.29, 1.82) is 0 Å². The minimum Gasteiger partial charge on any atom is -0.396 e. The van der Waals surface area contributed by atoms with E-state index in [0.717, 1.165) is 24.9 Å². The van der Waals surface area contributed by atoms with E-state index in [2.05, 4.69) is 10.6 Å². The lowest BCUT2D eigenvalue weighted by Gasteiger charge is -2.30. The molecule has 2 unspecified atom stereocenters. The molecule has 0 spiro atoms. The lowest BCUT2D eigenvalue weighted by atomic mass is 9.79. The molecule has 3 N–H and O–H groups in total. The first-order valence-corrected chi connectivity index (χ1v) is 7.92. The van der Waals surface area contributed by atoms with Gasteiger partial charge in [0.1, 0.15) is 0 Å². The average molecular weight is 290 g/mol. The van der Waals surface area contributed by atoms with Crippen LogP contribution in [0.5, 0.6) is 0 Å². The van der Waals surface area contributed by atoms with Crippen molar-refractivity contribution in [3.8, 4) is 0 Å². The smallest absolute Gasteiger partial charge is 0.234 e. The average Bonchev–Trinajstić information content (AvgIpc) is 2.54. The summed E-state index contributed by atoms with van der Waals surface area (Å²) in [6.07, 6.45) is 4.73. The number of hydrogen-bond acceptors (Lipinski definition) is 3. The third-order valence-electron chi connectivity index (χ3n) is 4.33. The molecule has 2 rings (SSSR count). The maximum atomic E-state index is 11.8. The highest BCUT2D eigenvalue weighted by atomic mass is 16.3. The van der Waals surface area contributed by atoms with Gasteiger partial charge in [-0.15, -0.1) is 0 Å². The summed E-state index contributed by atoms with van der Waals surface area (Å²) < 4.78 is 0. The van der Waals surface area contributed by atoms with Gasteiger partial charge in [0, 0.05) is 13.2 Å². The third-order valence-corrected chi connectivity index (χ3v) is 4.33. The lowest BCUT2D eigenvalue weighted by molar-refractivity contribution is -0.120. The molecule has 0 heterocycles. The van der Waals surface area contributed by atoms with Crippen molar-refractivity contribution < 1.29 is 9.90 Å². The van der Waals surface area contributed by atoms with Crippen LogP contribution in [0.15, 0.2) is 30.3 Å². The Hall–Kier alpha value is -1.39. The minimum atomic E-state index is 0.0233. The molecule has 4 nitrogen and oxygen atoms in total. The van der Waals surface area contributed by atoms with E-state index in [1.165, 1.54) is 12.8 Å². The summed E-state index contributed by atoms with van der Waals surface area (Å²) in [4.78, 5) is 11.8. The number of nitrogens with one attached hydrogen (secondary N) is 2. The van der Waals surface area contributed by atoms with E-state index in [4.69, 9.17) is 0 Å². The van der Waals surface area contributed by atoms with Crippen molar-refractivity contribution in [2.24, 2.45) is 11.8 Å². The molecule has 1 amide bonds. The quantitative estimate of drug-likeness (QED) is 0.716. The van der Waals surface area contributed by atoms with E-state index in [1.807, 2.05) is 30.3 Å². The molecule has 21 heavy (non-hydrogen) atoms. The molecule has 1 aliphatic carbocycles. The maximum absolute atomic E-state index is 11.8. The number of rotatable bonds is 7. The summed E-state index contributed by atoms with van der Waals surface area (Å²) in [5, 5.41) is 15.5. The largest absolute Gasteiger partial charge is 0.396 e. The zero-order valence-corrected chi connectivity index (χ0v) is 12.6. The van der Waals surface area contributed by atoms with Crippen LogP contribution >= 0.6 is 0 Å². The first kappa shape index (κ1) is 16.0. The molecule has 4 heteroatoms. The SMILES string of the molecule is O=C(CNCC1CCCCC1CO)NCc1ccccc1. The first-order valence-electron chi connectivity index (χ1n) is 7.92. The Labute approximate surface area is 126 Å². The van der Waals surface area contributed by atoms with Crippen LogP contribution < -0.4 is 10.6 Å². The predicted octanol–water partition coefficient (Wildman–Crippen LogP) is 1.69. The zero-order valence-electron chi connectivity index (χ0n) is 12.6. The number of aliphatic hydroxyl groups excluding tert-OH is 1. The fourth-order valence-electron chi connectivity index (χ4n) is 3.02. The molecule has 0 saturated heterocycles. The van der Waals surface area contributed by atoms with E-state index in [9.17, 15) is 9.90 Å². The predicted molar refractivity (Wildman–Crippen MR) is 83.7 cm³/mol. The summed E-state index contributed by atoms with van der Waals surface area (Å²) in [6.45, 7) is 2.02. The van der Waals surface area contributed by atoms with Crippen molar-refractivity contribution in [2.75, 3.05) is 19.7 Å². The van der Waals surface area contributed by atoms with E-state index >= 15 is 0 Å². The molecular weight excluding hydrogens is 264 g/mol. The van der Waals surface area contributed by atoms with Crippen LogP contribution in [0.4, 0.5) is 0 Å². The van der Waals surface area contributed by atoms with E-state index in [0.29, 0.717) is 24.9 Å². The van der Waals surface area contributed by atoms with Crippen LogP contribution in [-0.2, 0) is 11.3 Å². The molecule has 116 valence electrons. The van der Waals surface area contributed by atoms with Gasteiger partial charge in [0.25, 0.3) is 0 Å². The van der Waals surface area contributed by atoms with Gasteiger partial charge in [-0.2, -0.15) is 0 Å². The Morgan fingerprint density at radius 3 is 2.57 bits per heavy atom. The van der Waals surface area contributed by atoms with Crippen molar-refractivity contribution >= 4 is 5.91 Å². The summed E-state index contributed by atoms with van der Waals surface area (Å²) in [7, 11) is 0. The highest BCUT2D eigenvalue weighted by molar-refractivity contribution is 5.77. The van der Waals surface area contributed by atoms with Gasteiger partial charge in [0.05, 0.1) is 6.54 Å². The summed E-state index contributed by atoms with van der Waals surface area (Å²) >= 11 is 0. The van der Waals surface area contributed by atoms with Crippen LogP contribution in [0.1, 0.15) is 31.2 Å². The molecular formula is C17H26N2O2. The molecule has 1 aliphatic rings. The van der Waals surface area contributed by atoms with Gasteiger partial charge in [-0.25, -0.2) is 0 Å². The van der Waals surface area contributed by atoms with Gasteiger partial charge in [0.15, 0.2) is 0 Å². The number of amides is 1. The second-order valence-corrected chi connectivity index (χ2v) is 5.88. The van der Waals surface area contributed by atoms with Gasteiger partial charge in [-0.3, -0.25) is 4.79 Å². The second-order valence-electron chi connectivity index (χ2n) is 5.88. The Balaban J connectivity index is 1.62. The molecule has 0 aromatic heterocycles. The van der Waals surface area contributed by atoms with Gasteiger partial charge in [-0.1, -0.05) is 43.2 Å². The van der Waals surface area contributed by atoms with Crippen molar-refractivity contribution in [1.82, 2.24) is 10.6 Å². The maximum Gasteiger partial charge on any atom is 0.234 e. The topological polar surface area (TPSA) is 61.4 Å². The molecule has 2 atom stereocenters. The number of aliphatic hydroxyl groups is 1. The Bertz CT molecular complexity index is 422. The number of carbonyl (C=O) groups excluding carboxylic acids is 1. The summed E-state index contributed by atoms with van der Waals surface area (Å²) in [5.74, 6) is 0.930. The van der Waals surface area contributed by atoms with E-state index in [1.54, 1.807) is 0 Å². The van der Waals surface area contributed by atoms with Gasteiger partial charge in [0.2, 0.25) is 5.91 Å². The summed E-state index contributed by atoms with van der Waals surface area (Å²) in [5.41, 5.74) is 1.11. The molecule has 1 saturated carbocycles. The van der Waals surface area contributed by atoms with Crippen molar-refractivity contribution in [2.45, 2.75) is 32.2 Å². The van der Waals surface area contributed by atoms with Crippen LogP contribution in [0.3, 0.4) is 0 Å². The van der Waals surface area contributed by atoms with Crippen LogP contribution in [0.25, 0.3) is 0 Å². The lowest BCUT2D eigenvalue weighted by Crippen LogP contribution is -2.38. The number of benzene rings is 1. The minimum absolute atomic E-state index is 0.0233. The normalized spacial score (nSPS) is 22.0. The first-order chi connectivity index (χ1) is 10.3. The molecule has 0 bridgehead atoms. The van der Waals surface area contributed by atoms with Crippen molar-refractivity contribution in [3.05, 3.63) is 35.9 Å². The fraction of sp³-hybridized carbons (Fsp3) is 0.588. The Morgan fingerprint density at radius 2 is 1.86 bits per heavy atom. The third kappa shape index (κ3) is 5.48. The molecule has 0 radical (unpaired) electrons. The monoisotopic (exact) mass is 290 g/mol. The second kappa shape index (κ2) is 8.80. The number of hydrogen-bond donors (Lipinski definition) is 3. The van der Waals surface area contributed by atoms with Gasteiger partial charge in [-0.05, 0) is 36.8 Å². The Kier molecular flexibility index (Phi) is 6.70. The van der Waals surface area contributed by atoms with Crippen LogP contribution in [-0.4, -0.2) is 30.7 Å². The van der Waals surface area contributed by atoms with Crippen molar-refractivity contribution in [3.63, 3.8) is 0 Å². The van der Waals surface area contributed by atoms with E-state index < -0.39 is 0 Å². The van der Waals surface area contributed by atoms with Gasteiger partial charge >= 0.3 is 0 Å². The van der Waals surface area contributed by atoms with Crippen LogP contribution in [0.2, 0.25) is 0 Å². The zero-order chi connectivity index (χ0) is 14.9. The Morgan fingerprint density at radius 1 is 1.14 bits per heavy atom. The number of carbonyl (C=O) groups is 1. The molecule has 1 fully saturated rings. The molecule has 1 aromatic carbocycles. The van der Waals surface area contributed by atoms with E-state index in [-0.39, 0.29) is 12.5 Å². The fourth-order valence-corrected chi connectivity index (χ4v) is 3.02. The van der Waals surface area contributed by atoms with Crippen LogP contribution in [0, 0.1) is 11.8 Å². The molecule has 1 aromatic rings. The standard InChI is InChI=1S/C17H26N2O2/c20-13-16-9-5-4-8-15(16)11-18-12-17(21)19-10-14-6-2-1-3-7-14/h1-3,6-7,15-16,18,20H,4-5,8-13H2,(H,19,21). The highest BCUT2D eigenvalue weighted by Crippen LogP contribution is 2.28.